The average molecular weight is 377 g/mol. The van der Waals surface area contributed by atoms with Gasteiger partial charge in [0.25, 0.3) is 0 Å². The normalized spacial score (nSPS) is 10.9. The lowest BCUT2D eigenvalue weighted by molar-refractivity contribution is -0.116. The molecule has 0 heterocycles. The first-order valence-corrected chi connectivity index (χ1v) is 8.26. The van der Waals surface area contributed by atoms with Crippen LogP contribution in [0.25, 0.3) is 6.08 Å². The van der Waals surface area contributed by atoms with Gasteiger partial charge in [0, 0.05) is 6.08 Å². The second-order valence-corrected chi connectivity index (χ2v) is 5.57. The van der Waals surface area contributed by atoms with Gasteiger partial charge in [0.2, 0.25) is 5.91 Å². The lowest BCUT2D eigenvalue weighted by Crippen LogP contribution is -2.26. The fraction of sp³-hybridized carbons (Fsp3) is 0.250. The first-order valence-electron chi connectivity index (χ1n) is 8.26. The number of aryl methyl sites for hydroxylation is 1. The Hall–Kier alpha value is -3.09. The van der Waals surface area contributed by atoms with E-state index in [1.54, 1.807) is 12.1 Å². The highest BCUT2D eigenvalue weighted by molar-refractivity contribution is 5.91. The highest BCUT2D eigenvalue weighted by Gasteiger charge is 2.10. The third kappa shape index (κ3) is 6.97. The monoisotopic (exact) mass is 377 g/mol. The van der Waals surface area contributed by atoms with Crippen molar-refractivity contribution < 1.29 is 27.8 Å². The van der Waals surface area contributed by atoms with E-state index in [4.69, 9.17) is 9.47 Å². The van der Waals surface area contributed by atoms with E-state index in [1.807, 2.05) is 31.2 Å². The summed E-state index contributed by atoms with van der Waals surface area (Å²) in [6.07, 6.45) is 2.89. The number of rotatable bonds is 9. The topological polar surface area (TPSA) is 56.8 Å². The van der Waals surface area contributed by atoms with Crippen molar-refractivity contribution in [1.29, 1.82) is 0 Å². The van der Waals surface area contributed by atoms with Crippen molar-refractivity contribution in [2.24, 2.45) is 0 Å². The molecular formula is C20H21F2NO4. The van der Waals surface area contributed by atoms with Crippen LogP contribution in [0.15, 0.2) is 48.5 Å². The van der Waals surface area contributed by atoms with Gasteiger partial charge in [-0.05, 0) is 42.8 Å². The second kappa shape index (κ2) is 10.2. The summed E-state index contributed by atoms with van der Waals surface area (Å²) < 4.78 is 39.5. The Kier molecular flexibility index (Phi) is 7.61. The molecule has 0 aromatic heterocycles. The molecule has 0 saturated heterocycles. The summed E-state index contributed by atoms with van der Waals surface area (Å²) in [5.41, 5.74) is 1.76. The number of halogens is 2. The molecule has 0 atom stereocenters. The quantitative estimate of drug-likeness (QED) is 0.533. The van der Waals surface area contributed by atoms with E-state index < -0.39 is 6.61 Å². The molecule has 27 heavy (non-hydrogen) atoms. The summed E-state index contributed by atoms with van der Waals surface area (Å²) in [5, 5.41) is 2.69. The van der Waals surface area contributed by atoms with Crippen LogP contribution in [0.2, 0.25) is 0 Å². The van der Waals surface area contributed by atoms with Crippen molar-refractivity contribution in [1.82, 2.24) is 5.32 Å². The molecule has 1 N–H and O–H groups in total. The SMILES string of the molecule is COc1cc(C=CC(=O)NCCOc2ccc(C)cc2)ccc1OC(F)F. The van der Waals surface area contributed by atoms with E-state index in [2.05, 4.69) is 10.1 Å². The lowest BCUT2D eigenvalue weighted by Gasteiger charge is -2.10. The van der Waals surface area contributed by atoms with E-state index in [9.17, 15) is 13.6 Å². The molecule has 7 heteroatoms. The van der Waals surface area contributed by atoms with Crippen LogP contribution in [-0.4, -0.2) is 32.8 Å². The Balaban J connectivity index is 1.80. The fourth-order valence-corrected chi connectivity index (χ4v) is 2.19. The number of hydrogen-bond acceptors (Lipinski definition) is 4. The van der Waals surface area contributed by atoms with E-state index in [0.29, 0.717) is 18.7 Å². The third-order valence-electron chi connectivity index (χ3n) is 3.52. The van der Waals surface area contributed by atoms with Crippen molar-refractivity contribution in [3.63, 3.8) is 0 Å². The Morgan fingerprint density at radius 3 is 2.56 bits per heavy atom. The van der Waals surface area contributed by atoms with Crippen LogP contribution >= 0.6 is 0 Å². The molecule has 0 aliphatic carbocycles. The molecule has 1 amide bonds. The number of ether oxygens (including phenoxy) is 3. The zero-order valence-electron chi connectivity index (χ0n) is 15.1. The summed E-state index contributed by atoms with van der Waals surface area (Å²) in [6, 6.07) is 12.0. The third-order valence-corrected chi connectivity index (χ3v) is 3.52. The Labute approximate surface area is 156 Å². The maximum absolute atomic E-state index is 12.3. The highest BCUT2D eigenvalue weighted by Crippen LogP contribution is 2.29. The molecule has 0 fully saturated rings. The molecule has 2 aromatic rings. The van der Waals surface area contributed by atoms with Crippen LogP contribution in [0.5, 0.6) is 17.2 Å². The minimum atomic E-state index is -2.94. The van der Waals surface area contributed by atoms with Gasteiger partial charge in [-0.25, -0.2) is 0 Å². The van der Waals surface area contributed by atoms with Crippen LogP contribution in [0, 0.1) is 6.92 Å². The van der Waals surface area contributed by atoms with Gasteiger partial charge in [0.15, 0.2) is 11.5 Å². The van der Waals surface area contributed by atoms with Gasteiger partial charge in [-0.3, -0.25) is 4.79 Å². The molecule has 0 radical (unpaired) electrons. The van der Waals surface area contributed by atoms with Crippen molar-refractivity contribution in [3.8, 4) is 17.2 Å². The van der Waals surface area contributed by atoms with Gasteiger partial charge in [-0.2, -0.15) is 8.78 Å². The smallest absolute Gasteiger partial charge is 0.387 e. The van der Waals surface area contributed by atoms with E-state index in [1.165, 1.54) is 25.3 Å². The number of hydrogen-bond donors (Lipinski definition) is 1. The van der Waals surface area contributed by atoms with Gasteiger partial charge in [-0.15, -0.1) is 0 Å². The standard InChI is InChI=1S/C20H21F2NO4/c1-14-3-7-16(8-4-14)26-12-11-23-19(24)10-6-15-5-9-17(27-20(21)22)18(13-15)25-2/h3-10,13,20H,11-12H2,1-2H3,(H,23,24). The highest BCUT2D eigenvalue weighted by atomic mass is 19.3. The van der Waals surface area contributed by atoms with Gasteiger partial charge in [-0.1, -0.05) is 23.8 Å². The minimum absolute atomic E-state index is 0.0673. The fourth-order valence-electron chi connectivity index (χ4n) is 2.19. The van der Waals surface area contributed by atoms with Crippen molar-refractivity contribution in [2.75, 3.05) is 20.3 Å². The van der Waals surface area contributed by atoms with Crippen LogP contribution in [0.3, 0.4) is 0 Å². The average Bonchev–Trinajstić information content (AvgIpc) is 2.65. The zero-order chi connectivity index (χ0) is 19.6. The summed E-state index contributed by atoms with van der Waals surface area (Å²) in [5.74, 6) is 0.532. The maximum atomic E-state index is 12.3. The van der Waals surface area contributed by atoms with Crippen molar-refractivity contribution >= 4 is 12.0 Å². The molecule has 0 aliphatic heterocycles. The predicted molar refractivity (Wildman–Crippen MR) is 98.3 cm³/mol. The minimum Gasteiger partial charge on any atom is -0.493 e. The molecule has 2 rings (SSSR count). The number of benzene rings is 2. The van der Waals surface area contributed by atoms with Crippen molar-refractivity contribution in [3.05, 3.63) is 59.7 Å². The number of methoxy groups -OCH3 is 1. The van der Waals surface area contributed by atoms with Crippen LogP contribution < -0.4 is 19.5 Å². The van der Waals surface area contributed by atoms with Gasteiger partial charge in [0.05, 0.1) is 13.7 Å². The molecule has 0 aliphatic rings. The van der Waals surface area contributed by atoms with Crippen LogP contribution in [0.1, 0.15) is 11.1 Å². The lowest BCUT2D eigenvalue weighted by atomic mass is 10.2. The predicted octanol–water partition coefficient (Wildman–Crippen LogP) is 3.81. The zero-order valence-corrected chi connectivity index (χ0v) is 15.1. The molecule has 0 bridgehead atoms. The Morgan fingerprint density at radius 2 is 1.89 bits per heavy atom. The molecule has 0 spiro atoms. The van der Waals surface area contributed by atoms with Gasteiger partial charge in [0.1, 0.15) is 12.4 Å². The van der Waals surface area contributed by atoms with Crippen LogP contribution in [0.4, 0.5) is 8.78 Å². The van der Waals surface area contributed by atoms with Gasteiger partial charge >= 0.3 is 6.61 Å². The molecular weight excluding hydrogens is 356 g/mol. The number of alkyl halides is 2. The molecule has 144 valence electrons. The first kappa shape index (κ1) is 20.2. The Morgan fingerprint density at radius 1 is 1.15 bits per heavy atom. The molecule has 2 aromatic carbocycles. The summed E-state index contributed by atoms with van der Waals surface area (Å²) >= 11 is 0. The summed E-state index contributed by atoms with van der Waals surface area (Å²) in [4.78, 5) is 11.8. The maximum Gasteiger partial charge on any atom is 0.387 e. The largest absolute Gasteiger partial charge is 0.493 e. The molecule has 0 unspecified atom stereocenters. The van der Waals surface area contributed by atoms with E-state index >= 15 is 0 Å². The number of nitrogens with one attached hydrogen (secondary N) is 1. The van der Waals surface area contributed by atoms with Gasteiger partial charge < -0.3 is 19.5 Å². The second-order valence-electron chi connectivity index (χ2n) is 5.57. The van der Waals surface area contributed by atoms with Crippen LogP contribution in [-0.2, 0) is 4.79 Å². The van der Waals surface area contributed by atoms with Crippen molar-refractivity contribution in [2.45, 2.75) is 13.5 Å². The first-order chi connectivity index (χ1) is 13.0. The number of carbonyl (C=O) groups is 1. The Bertz CT molecular complexity index is 776. The summed E-state index contributed by atoms with van der Waals surface area (Å²) in [7, 11) is 1.35. The number of amides is 1. The summed E-state index contributed by atoms with van der Waals surface area (Å²) in [6.45, 7) is -0.253. The van der Waals surface area contributed by atoms with E-state index in [0.717, 1.165) is 11.3 Å². The number of carbonyl (C=O) groups excluding carboxylic acids is 1. The molecule has 5 nitrogen and oxygen atoms in total. The molecule has 0 saturated carbocycles. The van der Waals surface area contributed by atoms with E-state index in [-0.39, 0.29) is 17.4 Å².